The van der Waals surface area contributed by atoms with E-state index in [4.69, 9.17) is 9.47 Å². The smallest absolute Gasteiger partial charge is 0.402 e. The molecular formula is C35H24F4N2O4. The van der Waals surface area contributed by atoms with Crippen molar-refractivity contribution in [3.05, 3.63) is 153 Å². The van der Waals surface area contributed by atoms with Crippen LogP contribution in [0.1, 0.15) is 38.9 Å². The van der Waals surface area contributed by atoms with E-state index >= 15 is 0 Å². The van der Waals surface area contributed by atoms with E-state index in [0.29, 0.717) is 29.3 Å². The maximum absolute atomic E-state index is 13.3. The average Bonchev–Trinajstić information content (AvgIpc) is 3.58. The summed E-state index contributed by atoms with van der Waals surface area (Å²) in [6, 6.07) is 26.5. The summed E-state index contributed by atoms with van der Waals surface area (Å²) in [5, 5.41) is 0. The van der Waals surface area contributed by atoms with Gasteiger partial charge in [0.1, 0.15) is 5.82 Å². The number of alkyl halides is 3. The third-order valence-electron chi connectivity index (χ3n) is 6.72. The van der Waals surface area contributed by atoms with Gasteiger partial charge in [0.25, 0.3) is 0 Å². The van der Waals surface area contributed by atoms with Gasteiger partial charge in [-0.25, -0.2) is 24.0 Å². The van der Waals surface area contributed by atoms with Gasteiger partial charge < -0.3 is 9.47 Å². The maximum Gasteiger partial charge on any atom is 0.419 e. The first-order chi connectivity index (χ1) is 21.5. The molecule has 0 saturated carbocycles. The molecular weight excluding hydrogens is 588 g/mol. The Kier molecular flexibility index (Phi) is 8.85. The van der Waals surface area contributed by atoms with Gasteiger partial charge in [-0.15, -0.1) is 0 Å². The summed E-state index contributed by atoms with van der Waals surface area (Å²) >= 11 is 0. The highest BCUT2D eigenvalue weighted by Crippen LogP contribution is 2.32. The summed E-state index contributed by atoms with van der Waals surface area (Å²) in [5.74, 6) is -2.16. The Bertz CT molecular complexity index is 1890. The van der Waals surface area contributed by atoms with E-state index in [0.717, 1.165) is 23.3 Å². The fourth-order valence-corrected chi connectivity index (χ4v) is 4.25. The molecule has 45 heavy (non-hydrogen) atoms. The van der Waals surface area contributed by atoms with Crippen molar-refractivity contribution >= 4 is 35.9 Å². The first-order valence-corrected chi connectivity index (χ1v) is 13.6. The first-order valence-electron chi connectivity index (χ1n) is 13.6. The number of cyclic esters (lactones) is 2. The van der Waals surface area contributed by atoms with Gasteiger partial charge in [0.2, 0.25) is 11.8 Å². The van der Waals surface area contributed by atoms with Crippen molar-refractivity contribution in [3.8, 4) is 0 Å². The minimum atomic E-state index is -4.83. The average molecular weight is 613 g/mol. The zero-order chi connectivity index (χ0) is 32.1. The molecule has 2 heterocycles. The van der Waals surface area contributed by atoms with Gasteiger partial charge >= 0.3 is 18.1 Å². The van der Waals surface area contributed by atoms with Gasteiger partial charge in [0, 0.05) is 11.1 Å². The van der Waals surface area contributed by atoms with Gasteiger partial charge in [-0.2, -0.15) is 13.2 Å². The lowest BCUT2D eigenvalue weighted by Gasteiger charge is -2.08. The van der Waals surface area contributed by atoms with E-state index < -0.39 is 29.5 Å². The Labute approximate surface area is 255 Å². The number of aliphatic imine (C=N–C) groups is 2. The Balaban J connectivity index is 0.000000179. The number of carbonyl (C=O) groups excluding carboxylic acids is 2. The molecule has 0 aliphatic carbocycles. The van der Waals surface area contributed by atoms with E-state index in [1.54, 1.807) is 36.4 Å². The number of rotatable bonds is 4. The van der Waals surface area contributed by atoms with Crippen molar-refractivity contribution in [2.75, 3.05) is 0 Å². The van der Waals surface area contributed by atoms with Crippen molar-refractivity contribution < 1.29 is 36.6 Å². The second-order valence-electron chi connectivity index (χ2n) is 9.98. The molecule has 0 bridgehead atoms. The summed E-state index contributed by atoms with van der Waals surface area (Å²) < 4.78 is 61.7. The Morgan fingerprint density at radius 2 is 1.09 bits per heavy atom. The molecule has 2 aliphatic heterocycles. The van der Waals surface area contributed by atoms with Crippen molar-refractivity contribution in [2.24, 2.45) is 9.98 Å². The summed E-state index contributed by atoms with van der Waals surface area (Å²) in [7, 11) is 0. The number of ether oxygens (including phenoxy) is 2. The van der Waals surface area contributed by atoms with Crippen LogP contribution in [0.4, 0.5) is 17.6 Å². The van der Waals surface area contributed by atoms with Crippen LogP contribution in [0.5, 0.6) is 0 Å². The largest absolute Gasteiger partial charge is 0.419 e. The number of nitrogens with zero attached hydrogens (tertiary/aromatic N) is 2. The number of benzene rings is 4. The van der Waals surface area contributed by atoms with Crippen LogP contribution in [0.3, 0.4) is 0 Å². The molecule has 0 saturated heterocycles. The SMILES string of the molecule is Cc1ccc(C=C2N=C(c3ccccc3)OC2=O)cc1C.O=C1OC(c2ccccc2)=NC1=Cc1ccc(F)c(C(F)(F)F)c1. The predicted octanol–water partition coefficient (Wildman–Crippen LogP) is 7.84. The van der Waals surface area contributed by atoms with Crippen LogP contribution in [0, 0.1) is 19.7 Å². The highest BCUT2D eigenvalue weighted by atomic mass is 19.4. The van der Waals surface area contributed by atoms with Gasteiger partial charge in [0.15, 0.2) is 11.4 Å². The lowest BCUT2D eigenvalue weighted by Crippen LogP contribution is -2.08. The number of hydrogen-bond acceptors (Lipinski definition) is 6. The normalized spacial score (nSPS) is 16.1. The van der Waals surface area contributed by atoms with Crippen LogP contribution in [-0.4, -0.2) is 23.7 Å². The monoisotopic (exact) mass is 612 g/mol. The lowest BCUT2D eigenvalue weighted by atomic mass is 10.1. The summed E-state index contributed by atoms with van der Waals surface area (Å²) in [4.78, 5) is 32.0. The molecule has 6 nitrogen and oxygen atoms in total. The van der Waals surface area contributed by atoms with Gasteiger partial charge in [-0.05, 0) is 84.7 Å². The van der Waals surface area contributed by atoms with Crippen LogP contribution >= 0.6 is 0 Å². The van der Waals surface area contributed by atoms with Crippen LogP contribution in [0.15, 0.2) is 118 Å². The van der Waals surface area contributed by atoms with Gasteiger partial charge in [-0.3, -0.25) is 0 Å². The number of esters is 2. The molecule has 226 valence electrons. The highest BCUT2D eigenvalue weighted by Gasteiger charge is 2.34. The summed E-state index contributed by atoms with van der Waals surface area (Å²) in [5.41, 5.74) is 3.47. The molecule has 0 aromatic heterocycles. The fourth-order valence-electron chi connectivity index (χ4n) is 4.25. The Morgan fingerprint density at radius 3 is 1.56 bits per heavy atom. The summed E-state index contributed by atoms with van der Waals surface area (Å²) in [6.07, 6.45) is -1.95. The molecule has 4 aromatic rings. The molecule has 2 aliphatic rings. The van der Waals surface area contributed by atoms with Crippen LogP contribution in [0.2, 0.25) is 0 Å². The molecule has 0 atom stereocenters. The lowest BCUT2D eigenvalue weighted by molar-refractivity contribution is -0.140. The molecule has 0 fully saturated rings. The van der Waals surface area contributed by atoms with E-state index in [1.165, 1.54) is 11.1 Å². The van der Waals surface area contributed by atoms with Crippen LogP contribution in [0.25, 0.3) is 12.2 Å². The van der Waals surface area contributed by atoms with Crippen LogP contribution < -0.4 is 0 Å². The van der Waals surface area contributed by atoms with E-state index in [1.807, 2.05) is 55.5 Å². The highest BCUT2D eigenvalue weighted by molar-refractivity contribution is 6.13. The summed E-state index contributed by atoms with van der Waals surface area (Å²) in [6.45, 7) is 4.10. The molecule has 0 spiro atoms. The van der Waals surface area contributed by atoms with E-state index in [9.17, 15) is 27.2 Å². The second-order valence-corrected chi connectivity index (χ2v) is 9.98. The maximum atomic E-state index is 13.3. The predicted molar refractivity (Wildman–Crippen MR) is 161 cm³/mol. The minimum absolute atomic E-state index is 0.00580. The Morgan fingerprint density at radius 1 is 0.622 bits per heavy atom. The molecule has 0 N–H and O–H groups in total. The van der Waals surface area contributed by atoms with Crippen molar-refractivity contribution in [3.63, 3.8) is 0 Å². The zero-order valence-electron chi connectivity index (χ0n) is 23.9. The minimum Gasteiger partial charge on any atom is -0.402 e. The molecule has 10 heteroatoms. The topological polar surface area (TPSA) is 77.3 Å². The van der Waals surface area contributed by atoms with E-state index in [2.05, 4.69) is 16.9 Å². The zero-order valence-corrected chi connectivity index (χ0v) is 23.9. The number of hydrogen-bond donors (Lipinski definition) is 0. The van der Waals surface area contributed by atoms with Gasteiger partial charge in [0.05, 0.1) is 5.56 Å². The van der Waals surface area contributed by atoms with Gasteiger partial charge in [-0.1, -0.05) is 60.7 Å². The molecule has 4 aromatic carbocycles. The second kappa shape index (κ2) is 12.9. The number of aryl methyl sites for hydroxylation is 2. The standard InChI is InChI=1S/C18H15NO2.C17H9F4NO2/c1-12-8-9-14(10-13(12)2)11-16-18(20)21-17(19-16)15-6-4-3-5-7-15;18-13-7-6-10(8-12(13)17(19,20)21)9-14-16(23)24-15(22-14)11-4-2-1-3-5-11/h3-11H,1-2H3;1-9H. The third-order valence-corrected chi connectivity index (χ3v) is 6.72. The van der Waals surface area contributed by atoms with Crippen LogP contribution in [-0.2, 0) is 25.2 Å². The first kappa shape index (κ1) is 30.8. The third kappa shape index (κ3) is 7.48. The number of halogens is 4. The van der Waals surface area contributed by atoms with E-state index in [-0.39, 0.29) is 17.2 Å². The molecule has 0 unspecified atom stereocenters. The quantitative estimate of drug-likeness (QED) is 0.134. The van der Waals surface area contributed by atoms with Crippen molar-refractivity contribution in [2.45, 2.75) is 20.0 Å². The van der Waals surface area contributed by atoms with Crippen molar-refractivity contribution in [1.82, 2.24) is 0 Å². The van der Waals surface area contributed by atoms with Crippen molar-refractivity contribution in [1.29, 1.82) is 0 Å². The fraction of sp³-hybridized carbons (Fsp3) is 0.0857. The molecule has 0 amide bonds. The number of carbonyl (C=O) groups is 2. The molecule has 0 radical (unpaired) electrons. The Hall–Kier alpha value is -5.64. The molecule has 6 rings (SSSR count).